The molecule has 0 aliphatic carbocycles. The van der Waals surface area contributed by atoms with Gasteiger partial charge in [0.15, 0.2) is 0 Å². The largest absolute Gasteiger partial charge is 0.466 e. The summed E-state index contributed by atoms with van der Waals surface area (Å²) in [4.78, 5) is 26.8. The fourth-order valence-electron chi connectivity index (χ4n) is 1.37. The number of rotatable bonds is 6. The lowest BCUT2D eigenvalue weighted by atomic mass is 10.2. The van der Waals surface area contributed by atoms with Crippen molar-refractivity contribution in [3.05, 3.63) is 16.2 Å². The van der Waals surface area contributed by atoms with Gasteiger partial charge in [-0.1, -0.05) is 0 Å². The lowest BCUT2D eigenvalue weighted by Crippen LogP contribution is -2.16. The minimum Gasteiger partial charge on any atom is -0.466 e. The van der Waals surface area contributed by atoms with Crippen molar-refractivity contribution in [3.63, 3.8) is 0 Å². The summed E-state index contributed by atoms with van der Waals surface area (Å²) in [6, 6.07) is 0. The molecule has 8 heteroatoms. The van der Waals surface area contributed by atoms with Gasteiger partial charge >= 0.3 is 11.9 Å². The molecule has 0 atom stereocenters. The van der Waals surface area contributed by atoms with Crippen LogP contribution in [-0.4, -0.2) is 40.3 Å². The molecule has 1 aromatic heterocycles. The van der Waals surface area contributed by atoms with Crippen molar-refractivity contribution in [1.82, 2.24) is 15.2 Å². The van der Waals surface area contributed by atoms with Crippen LogP contribution in [0.25, 0.3) is 0 Å². The molecule has 104 valence electrons. The zero-order valence-electron chi connectivity index (χ0n) is 10.8. The van der Waals surface area contributed by atoms with Crippen molar-refractivity contribution in [3.8, 4) is 0 Å². The molecule has 0 fully saturated rings. The van der Waals surface area contributed by atoms with Crippen molar-refractivity contribution in [2.24, 2.45) is 0 Å². The van der Waals surface area contributed by atoms with Gasteiger partial charge in [0.1, 0.15) is 0 Å². The predicted molar refractivity (Wildman–Crippen MR) is 67.9 cm³/mol. The Bertz CT molecular complexity index is 515. The van der Waals surface area contributed by atoms with Crippen LogP contribution in [0.2, 0.25) is 0 Å². The van der Waals surface area contributed by atoms with E-state index in [4.69, 9.17) is 21.7 Å². The van der Waals surface area contributed by atoms with Gasteiger partial charge < -0.3 is 9.47 Å². The van der Waals surface area contributed by atoms with Gasteiger partial charge in [-0.2, -0.15) is 5.10 Å². The molecule has 1 heterocycles. The molecule has 0 unspecified atom stereocenters. The van der Waals surface area contributed by atoms with Crippen LogP contribution in [0.15, 0.2) is 0 Å². The molecule has 0 saturated carbocycles. The first-order valence-corrected chi connectivity index (χ1v) is 6.23. The number of aromatic nitrogens is 3. The van der Waals surface area contributed by atoms with Gasteiger partial charge in [-0.15, -0.1) is 0 Å². The van der Waals surface area contributed by atoms with Gasteiger partial charge in [0, 0.05) is 0 Å². The fraction of sp³-hybridized carbons (Fsp3) is 0.545. The number of aromatic amines is 1. The Morgan fingerprint density at radius 3 is 2.16 bits per heavy atom. The number of H-pyrrole nitrogens is 1. The highest BCUT2D eigenvalue weighted by Gasteiger charge is 2.15. The van der Waals surface area contributed by atoms with Crippen LogP contribution in [0, 0.1) is 4.77 Å². The molecule has 1 N–H and O–H groups in total. The zero-order valence-corrected chi connectivity index (χ0v) is 11.6. The Morgan fingerprint density at radius 2 is 1.63 bits per heavy atom. The van der Waals surface area contributed by atoms with E-state index in [-0.39, 0.29) is 30.8 Å². The number of esters is 2. The average Bonchev–Trinajstić information content (AvgIpc) is 2.33. The average molecular weight is 285 g/mol. The maximum atomic E-state index is 11.4. The van der Waals surface area contributed by atoms with Crippen LogP contribution < -0.4 is 0 Å². The normalized spacial score (nSPS) is 10.0. The smallest absolute Gasteiger partial charge is 0.311 e. The summed E-state index contributed by atoms with van der Waals surface area (Å²) < 4.78 is 9.79. The van der Waals surface area contributed by atoms with Crippen LogP contribution in [0.5, 0.6) is 0 Å². The van der Waals surface area contributed by atoms with E-state index in [1.165, 1.54) is 0 Å². The first-order valence-electron chi connectivity index (χ1n) is 5.82. The summed E-state index contributed by atoms with van der Waals surface area (Å²) in [7, 11) is 0. The van der Waals surface area contributed by atoms with E-state index in [0.29, 0.717) is 11.4 Å². The first kappa shape index (κ1) is 15.2. The van der Waals surface area contributed by atoms with Gasteiger partial charge in [0.2, 0.25) is 4.77 Å². The molecular formula is C11H15N3O4S. The molecule has 0 aliphatic heterocycles. The molecular weight excluding hydrogens is 270 g/mol. The van der Waals surface area contributed by atoms with Crippen molar-refractivity contribution >= 4 is 24.2 Å². The van der Waals surface area contributed by atoms with Gasteiger partial charge in [-0.05, 0) is 26.1 Å². The molecule has 0 aromatic carbocycles. The van der Waals surface area contributed by atoms with E-state index in [1.807, 2.05) is 0 Å². The first-order chi connectivity index (χ1) is 9.06. The highest BCUT2D eigenvalue weighted by atomic mass is 32.1. The number of hydrogen-bond acceptors (Lipinski definition) is 7. The number of hydrogen-bond donors (Lipinski definition) is 1. The van der Waals surface area contributed by atoms with Crippen molar-refractivity contribution in [2.75, 3.05) is 13.2 Å². The van der Waals surface area contributed by atoms with E-state index in [1.54, 1.807) is 13.8 Å². The fourth-order valence-corrected chi connectivity index (χ4v) is 1.53. The molecule has 1 aromatic rings. The summed E-state index contributed by atoms with van der Waals surface area (Å²) in [5.74, 6) is -0.880. The summed E-state index contributed by atoms with van der Waals surface area (Å²) >= 11 is 4.84. The summed E-state index contributed by atoms with van der Waals surface area (Å²) in [6.07, 6.45) is -0.143. The highest BCUT2D eigenvalue weighted by Crippen LogP contribution is 2.05. The topological polar surface area (TPSA) is 94.2 Å². The number of nitrogens with zero attached hydrogens (tertiary/aromatic N) is 2. The second kappa shape index (κ2) is 7.57. The van der Waals surface area contributed by atoms with Crippen molar-refractivity contribution in [1.29, 1.82) is 0 Å². The molecule has 19 heavy (non-hydrogen) atoms. The maximum Gasteiger partial charge on any atom is 0.311 e. The molecule has 0 aliphatic rings. The van der Waals surface area contributed by atoms with E-state index in [9.17, 15) is 9.59 Å². The number of carbonyl (C=O) groups is 2. The number of ether oxygens (including phenoxy) is 2. The Hall–Kier alpha value is -1.83. The third-order valence-electron chi connectivity index (χ3n) is 2.09. The van der Waals surface area contributed by atoms with E-state index in [0.717, 1.165) is 0 Å². The molecule has 1 rings (SSSR count). The van der Waals surface area contributed by atoms with E-state index in [2.05, 4.69) is 15.2 Å². The van der Waals surface area contributed by atoms with Gasteiger partial charge in [0.25, 0.3) is 0 Å². The Morgan fingerprint density at radius 1 is 1.11 bits per heavy atom. The second-order valence-corrected chi connectivity index (χ2v) is 3.88. The number of carbonyl (C=O) groups excluding carboxylic acids is 2. The third-order valence-corrected chi connectivity index (χ3v) is 2.27. The summed E-state index contributed by atoms with van der Waals surface area (Å²) in [6.45, 7) is 3.98. The maximum absolute atomic E-state index is 11.4. The van der Waals surface area contributed by atoms with Crippen LogP contribution in [0.3, 0.4) is 0 Å². The SMILES string of the molecule is CCOC(=O)Cc1n[nH]c(=S)nc1CC(=O)OCC. The quantitative estimate of drug-likeness (QED) is 0.608. The minimum absolute atomic E-state index is 0.0678. The Labute approximate surface area is 115 Å². The van der Waals surface area contributed by atoms with Crippen molar-refractivity contribution in [2.45, 2.75) is 26.7 Å². The van der Waals surface area contributed by atoms with Gasteiger partial charge in [0.05, 0.1) is 37.4 Å². The second-order valence-electron chi connectivity index (χ2n) is 3.50. The molecule has 0 amide bonds. The lowest BCUT2D eigenvalue weighted by Gasteiger charge is -2.06. The van der Waals surface area contributed by atoms with Gasteiger partial charge in [-0.3, -0.25) is 14.7 Å². The predicted octanol–water partition coefficient (Wildman–Crippen LogP) is 0.745. The van der Waals surface area contributed by atoms with Crippen molar-refractivity contribution < 1.29 is 19.1 Å². The molecule has 0 spiro atoms. The van der Waals surface area contributed by atoms with Gasteiger partial charge in [-0.25, -0.2) is 4.98 Å². The number of nitrogens with one attached hydrogen (secondary N) is 1. The van der Waals surface area contributed by atoms with Crippen LogP contribution >= 0.6 is 12.2 Å². The van der Waals surface area contributed by atoms with E-state index < -0.39 is 11.9 Å². The highest BCUT2D eigenvalue weighted by molar-refractivity contribution is 7.71. The molecule has 0 radical (unpaired) electrons. The van der Waals surface area contributed by atoms with E-state index >= 15 is 0 Å². The minimum atomic E-state index is -0.442. The van der Waals surface area contributed by atoms with Crippen LogP contribution in [-0.2, 0) is 31.9 Å². The Balaban J connectivity index is 2.88. The monoisotopic (exact) mass is 285 g/mol. The standard InChI is InChI=1S/C11H15N3O4S/c1-3-17-9(15)5-7-8(6-10(16)18-4-2)13-14-11(19)12-7/h3-6H2,1-2H3,(H,12,14,19). The molecule has 7 nitrogen and oxygen atoms in total. The Kier molecular flexibility index (Phi) is 6.07. The summed E-state index contributed by atoms with van der Waals surface area (Å²) in [5, 5.41) is 6.40. The molecule has 0 bridgehead atoms. The lowest BCUT2D eigenvalue weighted by molar-refractivity contribution is -0.143. The summed E-state index contributed by atoms with van der Waals surface area (Å²) in [5.41, 5.74) is 0.662. The van der Waals surface area contributed by atoms with Crippen LogP contribution in [0.1, 0.15) is 25.2 Å². The third kappa shape index (κ3) is 5.12. The van der Waals surface area contributed by atoms with Crippen LogP contribution in [0.4, 0.5) is 0 Å². The molecule has 0 saturated heterocycles. The zero-order chi connectivity index (χ0) is 14.3.